The number of halogens is 1. The fourth-order valence-corrected chi connectivity index (χ4v) is 5.39. The van der Waals surface area contributed by atoms with E-state index in [1.165, 1.54) is 29.6 Å². The van der Waals surface area contributed by atoms with Crippen LogP contribution in [0.4, 0.5) is 11.4 Å². The summed E-state index contributed by atoms with van der Waals surface area (Å²) in [6.45, 7) is 0.382. The molecule has 1 amide bonds. The summed E-state index contributed by atoms with van der Waals surface area (Å²) in [5.74, 6) is 0.0818. The van der Waals surface area contributed by atoms with Gasteiger partial charge in [0, 0.05) is 18.3 Å². The lowest BCUT2D eigenvalue weighted by Crippen LogP contribution is -2.35. The van der Waals surface area contributed by atoms with Gasteiger partial charge in [-0.3, -0.25) is 9.10 Å². The van der Waals surface area contributed by atoms with Crippen LogP contribution in [0.15, 0.2) is 71.6 Å². The minimum absolute atomic E-state index is 0.0180. The molecule has 4 rings (SSSR count). The lowest BCUT2D eigenvalue weighted by atomic mass is 10.0. The van der Waals surface area contributed by atoms with E-state index in [1.54, 1.807) is 30.3 Å². The van der Waals surface area contributed by atoms with Crippen molar-refractivity contribution in [2.75, 3.05) is 23.3 Å². The number of aryl methyl sites for hydroxylation is 1. The summed E-state index contributed by atoms with van der Waals surface area (Å²) in [7, 11) is -2.32. The molecule has 0 radical (unpaired) electrons. The first-order valence-corrected chi connectivity index (χ1v) is 11.6. The second-order valence-corrected chi connectivity index (χ2v) is 9.41. The minimum atomic E-state index is -3.86. The molecule has 0 aromatic heterocycles. The summed E-state index contributed by atoms with van der Waals surface area (Å²) in [4.78, 5) is 12.9. The normalized spacial score (nSPS) is 13.4. The lowest BCUT2D eigenvalue weighted by Gasteiger charge is -2.30. The number of nitrogens with zero attached hydrogens (tertiary/aromatic N) is 1. The largest absolute Gasteiger partial charge is 0.497 e. The van der Waals surface area contributed by atoms with E-state index in [-0.39, 0.29) is 15.5 Å². The monoisotopic (exact) mass is 456 g/mol. The van der Waals surface area contributed by atoms with Crippen LogP contribution in [-0.2, 0) is 16.4 Å². The molecule has 1 aliphatic heterocycles. The van der Waals surface area contributed by atoms with E-state index >= 15 is 0 Å². The zero-order valence-electron chi connectivity index (χ0n) is 16.8. The molecule has 6 nitrogen and oxygen atoms in total. The molecule has 3 aromatic carbocycles. The van der Waals surface area contributed by atoms with Crippen molar-refractivity contribution < 1.29 is 17.9 Å². The van der Waals surface area contributed by atoms with Crippen LogP contribution >= 0.6 is 11.6 Å². The first kappa shape index (κ1) is 21.2. The van der Waals surface area contributed by atoms with Gasteiger partial charge in [-0.1, -0.05) is 35.9 Å². The van der Waals surface area contributed by atoms with Crippen LogP contribution in [0.3, 0.4) is 0 Å². The van der Waals surface area contributed by atoms with Crippen LogP contribution in [0.5, 0.6) is 5.75 Å². The maximum atomic E-state index is 13.4. The maximum absolute atomic E-state index is 13.4. The molecule has 8 heteroatoms. The van der Waals surface area contributed by atoms with E-state index in [1.807, 2.05) is 18.2 Å². The van der Waals surface area contributed by atoms with Gasteiger partial charge in [-0.25, -0.2) is 8.42 Å². The molecule has 160 valence electrons. The van der Waals surface area contributed by atoms with Crippen molar-refractivity contribution in [1.82, 2.24) is 0 Å². The molecule has 0 spiro atoms. The van der Waals surface area contributed by atoms with E-state index < -0.39 is 15.9 Å². The van der Waals surface area contributed by atoms with Gasteiger partial charge >= 0.3 is 0 Å². The van der Waals surface area contributed by atoms with Crippen molar-refractivity contribution in [3.8, 4) is 5.75 Å². The summed E-state index contributed by atoms with van der Waals surface area (Å²) >= 11 is 6.24. The fourth-order valence-electron chi connectivity index (χ4n) is 3.61. The van der Waals surface area contributed by atoms with Crippen molar-refractivity contribution in [2.45, 2.75) is 17.7 Å². The van der Waals surface area contributed by atoms with Crippen LogP contribution in [-0.4, -0.2) is 28.0 Å². The second-order valence-electron chi connectivity index (χ2n) is 7.14. The molecule has 1 heterocycles. The molecular formula is C23H21ClN2O4S. The second kappa shape index (κ2) is 8.61. The third-order valence-electron chi connectivity index (χ3n) is 5.17. The number of anilines is 2. The SMILES string of the molecule is COc1cccc(NC(=O)c2cc(S(=O)(=O)N3CCCc4ccccc43)ccc2Cl)c1. The molecule has 0 bridgehead atoms. The smallest absolute Gasteiger partial charge is 0.264 e. The summed E-state index contributed by atoms with van der Waals surface area (Å²) in [5.41, 5.74) is 2.25. The van der Waals surface area contributed by atoms with E-state index in [0.717, 1.165) is 18.4 Å². The average molecular weight is 457 g/mol. The van der Waals surface area contributed by atoms with Crippen molar-refractivity contribution in [2.24, 2.45) is 0 Å². The maximum Gasteiger partial charge on any atom is 0.264 e. The van der Waals surface area contributed by atoms with Crippen LogP contribution < -0.4 is 14.4 Å². The molecule has 0 atom stereocenters. The molecule has 31 heavy (non-hydrogen) atoms. The highest BCUT2D eigenvalue weighted by Crippen LogP contribution is 2.33. The number of benzene rings is 3. The number of ether oxygens (including phenoxy) is 1. The number of amides is 1. The molecule has 1 aliphatic rings. The first-order chi connectivity index (χ1) is 14.9. The Morgan fingerprint density at radius 1 is 1.06 bits per heavy atom. The summed E-state index contributed by atoms with van der Waals surface area (Å²) in [6, 6.07) is 18.5. The van der Waals surface area contributed by atoms with Gasteiger partial charge in [0.15, 0.2) is 0 Å². The Morgan fingerprint density at radius 2 is 1.87 bits per heavy atom. The van der Waals surface area contributed by atoms with Crippen LogP contribution in [0.2, 0.25) is 5.02 Å². The van der Waals surface area contributed by atoms with Crippen LogP contribution in [0.1, 0.15) is 22.3 Å². The average Bonchev–Trinajstić information content (AvgIpc) is 2.78. The molecule has 0 saturated carbocycles. The number of sulfonamides is 1. The van der Waals surface area contributed by atoms with Gasteiger partial charge in [0.05, 0.1) is 28.3 Å². The third kappa shape index (κ3) is 4.24. The zero-order chi connectivity index (χ0) is 22.0. The Bertz CT molecular complexity index is 1240. The van der Waals surface area contributed by atoms with Gasteiger partial charge in [-0.15, -0.1) is 0 Å². The van der Waals surface area contributed by atoms with Crippen molar-refractivity contribution in [3.05, 3.63) is 82.9 Å². The third-order valence-corrected chi connectivity index (χ3v) is 7.30. The van der Waals surface area contributed by atoms with Crippen LogP contribution in [0, 0.1) is 0 Å². The predicted molar refractivity (Wildman–Crippen MR) is 122 cm³/mol. The zero-order valence-corrected chi connectivity index (χ0v) is 18.4. The van der Waals surface area contributed by atoms with Crippen molar-refractivity contribution in [1.29, 1.82) is 0 Å². The molecule has 1 N–H and O–H groups in total. The molecular weight excluding hydrogens is 436 g/mol. The number of methoxy groups -OCH3 is 1. The number of rotatable bonds is 5. The number of fused-ring (bicyclic) bond motifs is 1. The molecule has 0 fully saturated rings. The molecule has 0 unspecified atom stereocenters. The number of hydrogen-bond donors (Lipinski definition) is 1. The minimum Gasteiger partial charge on any atom is -0.497 e. The highest BCUT2D eigenvalue weighted by molar-refractivity contribution is 7.92. The van der Waals surface area contributed by atoms with Gasteiger partial charge in [0.1, 0.15) is 5.75 Å². The molecule has 3 aromatic rings. The highest BCUT2D eigenvalue weighted by atomic mass is 35.5. The Hall–Kier alpha value is -3.03. The van der Waals surface area contributed by atoms with E-state index in [9.17, 15) is 13.2 Å². The number of carbonyl (C=O) groups excluding carboxylic acids is 1. The predicted octanol–water partition coefficient (Wildman–Crippen LogP) is 4.74. The summed E-state index contributed by atoms with van der Waals surface area (Å²) in [5, 5.41) is 2.90. The number of carbonyl (C=O) groups is 1. The van der Waals surface area contributed by atoms with Gasteiger partial charge < -0.3 is 10.1 Å². The number of para-hydroxylation sites is 1. The van der Waals surface area contributed by atoms with Gasteiger partial charge in [-0.2, -0.15) is 0 Å². The first-order valence-electron chi connectivity index (χ1n) is 9.76. The molecule has 0 saturated heterocycles. The van der Waals surface area contributed by atoms with E-state index in [4.69, 9.17) is 16.3 Å². The van der Waals surface area contributed by atoms with Crippen molar-refractivity contribution in [3.63, 3.8) is 0 Å². The van der Waals surface area contributed by atoms with Gasteiger partial charge in [-0.05, 0) is 54.8 Å². The van der Waals surface area contributed by atoms with Gasteiger partial charge in [0.2, 0.25) is 0 Å². The van der Waals surface area contributed by atoms with Crippen LogP contribution in [0.25, 0.3) is 0 Å². The highest BCUT2D eigenvalue weighted by Gasteiger charge is 2.30. The Morgan fingerprint density at radius 3 is 2.68 bits per heavy atom. The summed E-state index contributed by atoms with van der Waals surface area (Å²) < 4.78 is 33.4. The Kier molecular flexibility index (Phi) is 5.89. The topological polar surface area (TPSA) is 75.7 Å². The molecule has 0 aliphatic carbocycles. The quantitative estimate of drug-likeness (QED) is 0.601. The van der Waals surface area contributed by atoms with Crippen molar-refractivity contribution >= 4 is 38.9 Å². The van der Waals surface area contributed by atoms with E-state index in [2.05, 4.69) is 5.32 Å². The summed E-state index contributed by atoms with van der Waals surface area (Å²) in [6.07, 6.45) is 1.56. The Labute approximate surface area is 186 Å². The lowest BCUT2D eigenvalue weighted by molar-refractivity contribution is 0.102. The van der Waals surface area contributed by atoms with E-state index in [0.29, 0.717) is 23.7 Å². The van der Waals surface area contributed by atoms with Gasteiger partial charge in [0.25, 0.3) is 15.9 Å². The fraction of sp³-hybridized carbons (Fsp3) is 0.174. The standard InChI is InChI=1S/C23H21ClN2O4S/c1-30-18-9-4-8-17(14-18)25-23(27)20-15-19(11-12-21(20)24)31(28,29)26-13-5-7-16-6-2-3-10-22(16)26/h2-4,6,8-12,14-15H,5,7,13H2,1H3,(H,25,27). The number of nitrogens with one attached hydrogen (secondary N) is 1. The Balaban J connectivity index is 1.67. The number of hydrogen-bond acceptors (Lipinski definition) is 4.